The van der Waals surface area contributed by atoms with Crippen molar-refractivity contribution in [1.29, 1.82) is 0 Å². The molecule has 1 aromatic carbocycles. The number of thioether (sulfide) groups is 1. The summed E-state index contributed by atoms with van der Waals surface area (Å²) in [5, 5.41) is 20.5. The number of hydrogen-bond donors (Lipinski definition) is 3. The zero-order valence-electron chi connectivity index (χ0n) is 9.21. The smallest absolute Gasteiger partial charge is 0.346 e. The summed E-state index contributed by atoms with van der Waals surface area (Å²) in [6.45, 7) is 1.16. The highest BCUT2D eigenvalue weighted by Crippen LogP contribution is 2.20. The number of hydrogen-bond acceptors (Lipinski definition) is 4. The fourth-order valence-corrected chi connectivity index (χ4v) is 1.60. The fourth-order valence-electron chi connectivity index (χ4n) is 0.995. The molecule has 1 aromatic rings. The van der Waals surface area contributed by atoms with Gasteiger partial charge < -0.3 is 15.5 Å². The van der Waals surface area contributed by atoms with Crippen molar-refractivity contribution in [3.63, 3.8) is 0 Å². The predicted molar refractivity (Wildman–Crippen MR) is 64.6 cm³/mol. The standard InChI is InChI=1S/C11H13NO4S/c1-11(16,10(14)15)17-7-12-9(13)8-5-3-2-4-6-8/h2-6,16H,7H2,1H3,(H,12,13)(H,14,15). The fraction of sp³-hybridized carbons (Fsp3) is 0.273. The molecule has 0 saturated heterocycles. The molecule has 0 heterocycles. The molecule has 0 bridgehead atoms. The Morgan fingerprint density at radius 1 is 1.35 bits per heavy atom. The van der Waals surface area contributed by atoms with Crippen molar-refractivity contribution >= 4 is 23.6 Å². The molecule has 0 radical (unpaired) electrons. The molecule has 92 valence electrons. The van der Waals surface area contributed by atoms with Crippen molar-refractivity contribution in [2.45, 2.75) is 11.9 Å². The first-order chi connectivity index (χ1) is 7.93. The van der Waals surface area contributed by atoms with Gasteiger partial charge in [-0.3, -0.25) is 4.79 Å². The van der Waals surface area contributed by atoms with Gasteiger partial charge in [0.15, 0.2) is 0 Å². The number of benzene rings is 1. The van der Waals surface area contributed by atoms with Crippen LogP contribution in [0.3, 0.4) is 0 Å². The number of carboxylic acids is 1. The van der Waals surface area contributed by atoms with Crippen LogP contribution in [0.1, 0.15) is 17.3 Å². The largest absolute Gasteiger partial charge is 0.478 e. The molecule has 0 aliphatic carbocycles. The van der Waals surface area contributed by atoms with Gasteiger partial charge in [0.2, 0.25) is 4.93 Å². The van der Waals surface area contributed by atoms with Crippen molar-refractivity contribution in [2.24, 2.45) is 0 Å². The number of carbonyl (C=O) groups is 2. The van der Waals surface area contributed by atoms with Crippen LogP contribution >= 0.6 is 11.8 Å². The zero-order valence-corrected chi connectivity index (χ0v) is 10.0. The lowest BCUT2D eigenvalue weighted by Gasteiger charge is -2.17. The summed E-state index contributed by atoms with van der Waals surface area (Å²) in [5.41, 5.74) is 0.489. The van der Waals surface area contributed by atoms with Crippen LogP contribution < -0.4 is 5.32 Å². The van der Waals surface area contributed by atoms with Crippen molar-refractivity contribution in [1.82, 2.24) is 5.32 Å². The third-order valence-electron chi connectivity index (χ3n) is 2.02. The minimum absolute atomic E-state index is 0.0209. The number of rotatable bonds is 5. The van der Waals surface area contributed by atoms with E-state index in [-0.39, 0.29) is 11.8 Å². The molecule has 1 unspecified atom stereocenters. The van der Waals surface area contributed by atoms with E-state index in [1.807, 2.05) is 0 Å². The van der Waals surface area contributed by atoms with Crippen molar-refractivity contribution < 1.29 is 19.8 Å². The molecule has 0 aliphatic rings. The first-order valence-corrected chi connectivity index (χ1v) is 5.85. The summed E-state index contributed by atoms with van der Waals surface area (Å²) >= 11 is 0.734. The van der Waals surface area contributed by atoms with E-state index >= 15 is 0 Å². The van der Waals surface area contributed by atoms with Crippen LogP contribution in [0.15, 0.2) is 30.3 Å². The van der Waals surface area contributed by atoms with Crippen LogP contribution in [0, 0.1) is 0 Å². The lowest BCUT2D eigenvalue weighted by Crippen LogP contribution is -2.34. The maximum Gasteiger partial charge on any atom is 0.346 e. The van der Waals surface area contributed by atoms with E-state index in [0.717, 1.165) is 18.7 Å². The Morgan fingerprint density at radius 2 is 1.94 bits per heavy atom. The van der Waals surface area contributed by atoms with Crippen molar-refractivity contribution in [3.8, 4) is 0 Å². The Bertz CT molecular complexity index is 405. The predicted octanol–water partition coefficient (Wildman–Crippen LogP) is 0.900. The quantitative estimate of drug-likeness (QED) is 0.680. The first-order valence-electron chi connectivity index (χ1n) is 4.86. The monoisotopic (exact) mass is 255 g/mol. The second-order valence-electron chi connectivity index (χ2n) is 3.45. The van der Waals surface area contributed by atoms with Gasteiger partial charge in [0, 0.05) is 5.56 Å². The number of carboxylic acid groups (broad SMARTS) is 1. The highest BCUT2D eigenvalue weighted by Gasteiger charge is 2.30. The number of nitrogens with one attached hydrogen (secondary N) is 1. The Morgan fingerprint density at radius 3 is 2.47 bits per heavy atom. The Labute approximate surface area is 103 Å². The zero-order chi connectivity index (χ0) is 12.9. The molecule has 17 heavy (non-hydrogen) atoms. The summed E-state index contributed by atoms with van der Waals surface area (Å²) in [6.07, 6.45) is 0. The molecular formula is C11H13NO4S. The van der Waals surface area contributed by atoms with Crippen LogP contribution in [0.5, 0.6) is 0 Å². The SMILES string of the molecule is CC(O)(SCNC(=O)c1ccccc1)C(=O)O. The molecule has 1 atom stereocenters. The first kappa shape index (κ1) is 13.5. The van der Waals surface area contributed by atoms with Crippen LogP contribution in [-0.2, 0) is 4.79 Å². The maximum atomic E-state index is 11.5. The summed E-state index contributed by atoms with van der Waals surface area (Å²) in [5.74, 6) is -1.62. The topological polar surface area (TPSA) is 86.6 Å². The summed E-state index contributed by atoms with van der Waals surface area (Å²) in [7, 11) is 0. The molecule has 0 fully saturated rings. The maximum absolute atomic E-state index is 11.5. The lowest BCUT2D eigenvalue weighted by molar-refractivity contribution is -0.148. The van der Waals surface area contributed by atoms with Crippen LogP contribution in [0.4, 0.5) is 0 Å². The molecule has 0 saturated carbocycles. The summed E-state index contributed by atoms with van der Waals surface area (Å²) in [6, 6.07) is 8.55. The molecule has 6 heteroatoms. The van der Waals surface area contributed by atoms with E-state index in [9.17, 15) is 14.7 Å². The van der Waals surface area contributed by atoms with Gasteiger partial charge in [-0.15, -0.1) is 0 Å². The van der Waals surface area contributed by atoms with Crippen molar-refractivity contribution in [3.05, 3.63) is 35.9 Å². The summed E-state index contributed by atoms with van der Waals surface area (Å²) in [4.78, 5) is 20.2. The number of carbonyl (C=O) groups excluding carboxylic acids is 1. The van der Waals surface area contributed by atoms with Crippen molar-refractivity contribution in [2.75, 3.05) is 5.88 Å². The average Bonchev–Trinajstić information content (AvgIpc) is 2.29. The Kier molecular flexibility index (Phi) is 4.53. The van der Waals surface area contributed by atoms with Gasteiger partial charge in [0.05, 0.1) is 5.88 Å². The molecule has 3 N–H and O–H groups in total. The highest BCUT2D eigenvalue weighted by molar-refractivity contribution is 8.01. The minimum atomic E-state index is -1.90. The van der Waals surface area contributed by atoms with Gasteiger partial charge in [0.25, 0.3) is 5.91 Å². The van der Waals surface area contributed by atoms with E-state index in [1.54, 1.807) is 30.3 Å². The molecule has 5 nitrogen and oxygen atoms in total. The number of aliphatic carboxylic acids is 1. The van der Waals surface area contributed by atoms with Crippen LogP contribution in [0.2, 0.25) is 0 Å². The van der Waals surface area contributed by atoms with Gasteiger partial charge in [-0.25, -0.2) is 4.79 Å². The normalized spacial score (nSPS) is 13.8. The van der Waals surface area contributed by atoms with Crippen LogP contribution in [-0.4, -0.2) is 32.9 Å². The van der Waals surface area contributed by atoms with Crippen LogP contribution in [0.25, 0.3) is 0 Å². The van der Waals surface area contributed by atoms with Gasteiger partial charge >= 0.3 is 5.97 Å². The molecular weight excluding hydrogens is 242 g/mol. The third kappa shape index (κ3) is 4.08. The third-order valence-corrected chi connectivity index (χ3v) is 3.04. The lowest BCUT2D eigenvalue weighted by atomic mass is 10.2. The molecule has 1 rings (SSSR count). The van der Waals surface area contributed by atoms with Gasteiger partial charge in [-0.1, -0.05) is 30.0 Å². The van der Waals surface area contributed by atoms with Gasteiger partial charge in [0.1, 0.15) is 0 Å². The van der Waals surface area contributed by atoms with E-state index in [2.05, 4.69) is 5.32 Å². The Hall–Kier alpha value is -1.53. The highest BCUT2D eigenvalue weighted by atomic mass is 32.2. The van der Waals surface area contributed by atoms with E-state index in [0.29, 0.717) is 5.56 Å². The number of aliphatic hydroxyl groups is 1. The van der Waals surface area contributed by atoms with Gasteiger partial charge in [-0.05, 0) is 19.1 Å². The molecule has 0 aliphatic heterocycles. The molecule has 0 aromatic heterocycles. The van der Waals surface area contributed by atoms with E-state index in [4.69, 9.17) is 5.11 Å². The summed E-state index contributed by atoms with van der Waals surface area (Å²) < 4.78 is 0. The second-order valence-corrected chi connectivity index (χ2v) is 4.82. The minimum Gasteiger partial charge on any atom is -0.478 e. The molecule has 0 spiro atoms. The van der Waals surface area contributed by atoms with E-state index < -0.39 is 10.9 Å². The average molecular weight is 255 g/mol. The van der Waals surface area contributed by atoms with Gasteiger partial charge in [-0.2, -0.15) is 0 Å². The number of amides is 1. The Balaban J connectivity index is 2.43. The van der Waals surface area contributed by atoms with E-state index in [1.165, 1.54) is 0 Å². The second kappa shape index (κ2) is 5.70. The molecule has 1 amide bonds.